The van der Waals surface area contributed by atoms with Gasteiger partial charge in [0.2, 0.25) is 0 Å². The van der Waals surface area contributed by atoms with Gasteiger partial charge in [0.15, 0.2) is 0 Å². The standard InChI is InChI=1S/C12H17F3N4/c1-8-9(3-18-19-8)2-16-5-10-4-11(10,7-17-6-10)12(13,14)15/h3,16-17H,2,4-7H2,1H3,(H,18,19)/t10-,11+/m0/s1. The highest BCUT2D eigenvalue weighted by atomic mass is 19.4. The van der Waals surface area contributed by atoms with Crippen LogP contribution >= 0.6 is 0 Å². The molecule has 2 heterocycles. The second-order valence-corrected chi connectivity index (χ2v) is 5.76. The summed E-state index contributed by atoms with van der Waals surface area (Å²) in [5.41, 5.74) is -0.200. The molecule has 19 heavy (non-hydrogen) atoms. The number of fused-ring (bicyclic) bond motifs is 1. The normalized spacial score (nSPS) is 33.5. The molecule has 0 aromatic carbocycles. The Morgan fingerprint density at radius 2 is 2.21 bits per heavy atom. The van der Waals surface area contributed by atoms with Crippen molar-refractivity contribution in [2.45, 2.75) is 26.1 Å². The van der Waals surface area contributed by atoms with Crippen LogP contribution in [0.4, 0.5) is 13.2 Å². The molecule has 3 N–H and O–H groups in total. The average molecular weight is 274 g/mol. The van der Waals surface area contributed by atoms with Gasteiger partial charge < -0.3 is 10.6 Å². The van der Waals surface area contributed by atoms with E-state index in [1.807, 2.05) is 6.92 Å². The topological polar surface area (TPSA) is 52.7 Å². The van der Waals surface area contributed by atoms with Gasteiger partial charge in [0.05, 0.1) is 11.6 Å². The number of aryl methyl sites for hydroxylation is 1. The van der Waals surface area contributed by atoms with Crippen LogP contribution < -0.4 is 10.6 Å². The van der Waals surface area contributed by atoms with Crippen molar-refractivity contribution < 1.29 is 13.2 Å². The molecule has 0 spiro atoms. The van der Waals surface area contributed by atoms with Crippen LogP contribution in [-0.2, 0) is 6.54 Å². The van der Waals surface area contributed by atoms with Crippen molar-refractivity contribution in [1.82, 2.24) is 20.8 Å². The molecule has 2 fully saturated rings. The second kappa shape index (κ2) is 3.96. The van der Waals surface area contributed by atoms with E-state index >= 15 is 0 Å². The zero-order valence-electron chi connectivity index (χ0n) is 10.7. The van der Waals surface area contributed by atoms with E-state index in [1.165, 1.54) is 0 Å². The molecule has 0 unspecified atom stereocenters. The van der Waals surface area contributed by atoms with Gasteiger partial charge in [-0.25, -0.2) is 0 Å². The summed E-state index contributed by atoms with van der Waals surface area (Å²) in [5, 5.41) is 12.7. The van der Waals surface area contributed by atoms with Gasteiger partial charge in [-0.2, -0.15) is 18.3 Å². The van der Waals surface area contributed by atoms with Gasteiger partial charge in [0.25, 0.3) is 0 Å². The van der Waals surface area contributed by atoms with Crippen LogP contribution in [0.2, 0.25) is 0 Å². The number of piperidine rings is 1. The molecular formula is C12H17F3N4. The van der Waals surface area contributed by atoms with E-state index in [-0.39, 0.29) is 13.0 Å². The maximum absolute atomic E-state index is 13.1. The van der Waals surface area contributed by atoms with Gasteiger partial charge in [-0.15, -0.1) is 0 Å². The molecule has 106 valence electrons. The minimum Gasteiger partial charge on any atom is -0.315 e. The molecule has 4 nitrogen and oxygen atoms in total. The van der Waals surface area contributed by atoms with Crippen LogP contribution in [0.25, 0.3) is 0 Å². The van der Waals surface area contributed by atoms with Gasteiger partial charge >= 0.3 is 6.18 Å². The highest BCUT2D eigenvalue weighted by Gasteiger charge is 2.81. The maximum Gasteiger partial charge on any atom is 0.396 e. The number of rotatable bonds is 4. The SMILES string of the molecule is Cc1[nH]ncc1CNC[C@@]12CNC[C@]1(C(F)(F)F)C2. The van der Waals surface area contributed by atoms with E-state index in [9.17, 15) is 13.2 Å². The summed E-state index contributed by atoms with van der Waals surface area (Å²) in [6, 6.07) is 0. The predicted molar refractivity (Wildman–Crippen MR) is 63.4 cm³/mol. The number of aromatic amines is 1. The number of hydrogen-bond acceptors (Lipinski definition) is 3. The second-order valence-electron chi connectivity index (χ2n) is 5.76. The first-order valence-corrected chi connectivity index (χ1v) is 6.37. The third kappa shape index (κ3) is 1.79. The molecule has 7 heteroatoms. The first-order valence-electron chi connectivity index (χ1n) is 6.37. The van der Waals surface area contributed by atoms with Crippen LogP contribution in [0, 0.1) is 17.8 Å². The van der Waals surface area contributed by atoms with E-state index in [4.69, 9.17) is 0 Å². The van der Waals surface area contributed by atoms with Crippen LogP contribution in [0.15, 0.2) is 6.20 Å². The fraction of sp³-hybridized carbons (Fsp3) is 0.750. The predicted octanol–water partition coefficient (Wildman–Crippen LogP) is 1.35. The summed E-state index contributed by atoms with van der Waals surface area (Å²) >= 11 is 0. The zero-order valence-corrected chi connectivity index (χ0v) is 10.7. The molecule has 1 saturated heterocycles. The third-order valence-electron chi connectivity index (χ3n) is 4.68. The van der Waals surface area contributed by atoms with E-state index < -0.39 is 17.0 Å². The third-order valence-corrected chi connectivity index (χ3v) is 4.68. The van der Waals surface area contributed by atoms with Gasteiger partial charge in [0, 0.05) is 42.9 Å². The lowest BCUT2D eigenvalue weighted by Crippen LogP contribution is -2.35. The Morgan fingerprint density at radius 1 is 1.42 bits per heavy atom. The summed E-state index contributed by atoms with van der Waals surface area (Å²) < 4.78 is 39.3. The van der Waals surface area contributed by atoms with Gasteiger partial charge in [-0.05, 0) is 13.3 Å². The van der Waals surface area contributed by atoms with Gasteiger partial charge in [-0.1, -0.05) is 0 Å². The lowest BCUT2D eigenvalue weighted by molar-refractivity contribution is -0.190. The summed E-state index contributed by atoms with van der Waals surface area (Å²) in [6.07, 6.45) is -2.16. The lowest BCUT2D eigenvalue weighted by atomic mass is 9.95. The Bertz CT molecular complexity index is 484. The van der Waals surface area contributed by atoms with Crippen molar-refractivity contribution in [1.29, 1.82) is 0 Å². The number of alkyl halides is 3. The zero-order chi connectivity index (χ0) is 13.7. The Morgan fingerprint density at radius 3 is 2.79 bits per heavy atom. The molecule has 1 aliphatic heterocycles. The minimum absolute atomic E-state index is 0.0585. The molecule has 0 radical (unpaired) electrons. The van der Waals surface area contributed by atoms with E-state index in [2.05, 4.69) is 20.8 Å². The molecule has 1 aromatic rings. The number of halogens is 3. The van der Waals surface area contributed by atoms with Crippen molar-refractivity contribution in [3.63, 3.8) is 0 Å². The minimum atomic E-state index is -4.11. The van der Waals surface area contributed by atoms with Crippen molar-refractivity contribution in [3.8, 4) is 0 Å². The molecule has 1 saturated carbocycles. The van der Waals surface area contributed by atoms with Crippen LogP contribution in [-0.4, -0.2) is 36.0 Å². The Balaban J connectivity index is 1.61. The monoisotopic (exact) mass is 274 g/mol. The van der Waals surface area contributed by atoms with E-state index in [0.29, 0.717) is 19.6 Å². The summed E-state index contributed by atoms with van der Waals surface area (Å²) in [5.74, 6) is 0. The van der Waals surface area contributed by atoms with E-state index in [1.54, 1.807) is 6.20 Å². The molecular weight excluding hydrogens is 257 g/mol. The number of hydrogen-bond donors (Lipinski definition) is 3. The number of nitrogens with zero attached hydrogens (tertiary/aromatic N) is 1. The molecule has 2 atom stereocenters. The van der Waals surface area contributed by atoms with Crippen LogP contribution in [0.5, 0.6) is 0 Å². The first kappa shape index (κ1) is 12.9. The number of nitrogens with one attached hydrogen (secondary N) is 3. The maximum atomic E-state index is 13.1. The molecule has 0 amide bonds. The Hall–Kier alpha value is -1.08. The summed E-state index contributed by atoms with van der Waals surface area (Å²) in [6.45, 7) is 3.35. The molecule has 2 aliphatic rings. The molecule has 1 aromatic heterocycles. The quantitative estimate of drug-likeness (QED) is 0.777. The van der Waals surface area contributed by atoms with Crippen LogP contribution in [0.1, 0.15) is 17.7 Å². The van der Waals surface area contributed by atoms with Crippen molar-refractivity contribution in [3.05, 3.63) is 17.5 Å². The van der Waals surface area contributed by atoms with Crippen molar-refractivity contribution in [2.75, 3.05) is 19.6 Å². The Labute approximate surface area is 109 Å². The molecule has 1 aliphatic carbocycles. The Kier molecular flexibility index (Phi) is 2.69. The summed E-state index contributed by atoms with van der Waals surface area (Å²) in [7, 11) is 0. The first-order chi connectivity index (χ1) is 8.90. The fourth-order valence-corrected chi connectivity index (χ4v) is 3.32. The number of H-pyrrole nitrogens is 1. The van der Waals surface area contributed by atoms with E-state index in [0.717, 1.165) is 11.3 Å². The smallest absolute Gasteiger partial charge is 0.315 e. The lowest BCUT2D eigenvalue weighted by Gasteiger charge is -2.20. The molecule has 0 bridgehead atoms. The fourth-order valence-electron chi connectivity index (χ4n) is 3.32. The highest BCUT2D eigenvalue weighted by molar-refractivity contribution is 5.24. The summed E-state index contributed by atoms with van der Waals surface area (Å²) in [4.78, 5) is 0. The number of aromatic nitrogens is 2. The van der Waals surface area contributed by atoms with Crippen LogP contribution in [0.3, 0.4) is 0 Å². The van der Waals surface area contributed by atoms with Gasteiger partial charge in [-0.3, -0.25) is 5.10 Å². The van der Waals surface area contributed by atoms with Gasteiger partial charge in [0.1, 0.15) is 0 Å². The largest absolute Gasteiger partial charge is 0.396 e. The molecule has 3 rings (SSSR count). The van der Waals surface area contributed by atoms with Crippen molar-refractivity contribution in [2.24, 2.45) is 10.8 Å². The highest BCUT2D eigenvalue weighted by Crippen LogP contribution is 2.72. The van der Waals surface area contributed by atoms with Crippen molar-refractivity contribution >= 4 is 0 Å². The average Bonchev–Trinajstić information content (AvgIpc) is 2.64.